The molecule has 0 saturated carbocycles. The summed E-state index contributed by atoms with van der Waals surface area (Å²) in [5, 5.41) is 7.85. The summed E-state index contributed by atoms with van der Waals surface area (Å²) >= 11 is 14.4. The minimum atomic E-state index is -0.149. The van der Waals surface area contributed by atoms with Crippen molar-refractivity contribution in [2.45, 2.75) is 39.0 Å². The molecule has 0 bridgehead atoms. The first-order chi connectivity index (χ1) is 14.5. The number of amides is 1. The van der Waals surface area contributed by atoms with Crippen LogP contribution in [-0.2, 0) is 6.42 Å². The van der Waals surface area contributed by atoms with Gasteiger partial charge in [0.25, 0.3) is 5.91 Å². The van der Waals surface area contributed by atoms with Crippen molar-refractivity contribution in [3.8, 4) is 16.9 Å². The van der Waals surface area contributed by atoms with E-state index in [1.807, 2.05) is 15.8 Å². The monoisotopic (exact) mass is 460 g/mol. The van der Waals surface area contributed by atoms with Crippen molar-refractivity contribution in [3.63, 3.8) is 0 Å². The van der Waals surface area contributed by atoms with Gasteiger partial charge in [-0.2, -0.15) is 5.10 Å². The Balaban J connectivity index is 1.57. The Morgan fingerprint density at radius 3 is 2.63 bits per heavy atom. The summed E-state index contributed by atoms with van der Waals surface area (Å²) in [4.78, 5) is 15.7. The predicted molar refractivity (Wildman–Crippen MR) is 122 cm³/mol. The molecule has 0 spiro atoms. The molecule has 2 aromatic heterocycles. The van der Waals surface area contributed by atoms with Gasteiger partial charge in [0.1, 0.15) is 0 Å². The van der Waals surface area contributed by atoms with E-state index >= 15 is 0 Å². The van der Waals surface area contributed by atoms with Crippen LogP contribution in [0, 0.1) is 6.92 Å². The molecule has 8 heteroatoms. The summed E-state index contributed by atoms with van der Waals surface area (Å²) in [6, 6.07) is 7.52. The number of hydrogen-bond acceptors (Lipinski definition) is 4. The molecule has 2 aliphatic rings. The molecule has 1 fully saturated rings. The van der Waals surface area contributed by atoms with E-state index < -0.39 is 0 Å². The largest absolute Gasteiger partial charge is 0.286 e. The van der Waals surface area contributed by atoms with Crippen LogP contribution < -0.4 is 5.43 Å². The maximum absolute atomic E-state index is 13.2. The van der Waals surface area contributed by atoms with Crippen LogP contribution in [0.15, 0.2) is 24.3 Å². The molecule has 5 nitrogen and oxygen atoms in total. The van der Waals surface area contributed by atoms with Crippen LogP contribution in [0.4, 0.5) is 0 Å². The quantitative estimate of drug-likeness (QED) is 0.430. The van der Waals surface area contributed by atoms with Crippen LogP contribution in [0.1, 0.15) is 51.5 Å². The lowest BCUT2D eigenvalue weighted by molar-refractivity contribution is 0.0787. The van der Waals surface area contributed by atoms with Crippen LogP contribution >= 0.6 is 34.5 Å². The van der Waals surface area contributed by atoms with Crippen molar-refractivity contribution in [1.29, 1.82) is 0 Å². The number of aromatic nitrogens is 2. The number of carbonyl (C=O) groups is 1. The summed E-state index contributed by atoms with van der Waals surface area (Å²) in [5.41, 5.74) is 7.35. The van der Waals surface area contributed by atoms with Gasteiger partial charge in [-0.25, -0.2) is 9.69 Å². The van der Waals surface area contributed by atoms with Crippen LogP contribution in [-0.4, -0.2) is 33.8 Å². The lowest BCUT2D eigenvalue weighted by Gasteiger charge is -2.20. The number of nitrogens with zero attached hydrogens (tertiary/aromatic N) is 3. The second-order valence-corrected chi connectivity index (χ2v) is 10.1. The molecule has 1 aromatic carbocycles. The number of thiophene rings is 1. The zero-order chi connectivity index (χ0) is 20.8. The van der Waals surface area contributed by atoms with E-state index in [9.17, 15) is 4.79 Å². The molecule has 1 amide bonds. The highest BCUT2D eigenvalue weighted by Gasteiger charge is 2.33. The van der Waals surface area contributed by atoms with E-state index in [1.54, 1.807) is 23.5 Å². The van der Waals surface area contributed by atoms with Gasteiger partial charge in [0, 0.05) is 45.4 Å². The summed E-state index contributed by atoms with van der Waals surface area (Å²) in [7, 11) is 0. The predicted octanol–water partition coefficient (Wildman–Crippen LogP) is 5.64. The molecule has 0 unspecified atom stereocenters. The maximum Gasteiger partial charge on any atom is 0.286 e. The fourth-order valence-electron chi connectivity index (χ4n) is 4.34. The van der Waals surface area contributed by atoms with Crippen LogP contribution in [0.2, 0.25) is 10.0 Å². The Bertz CT molecular complexity index is 1130. The number of carbonyl (C=O) groups excluding carboxylic acids is 1. The van der Waals surface area contributed by atoms with Gasteiger partial charge in [-0.05, 0) is 44.0 Å². The molecule has 156 valence electrons. The fraction of sp³-hybridized carbons (Fsp3) is 0.364. The molecule has 3 aromatic rings. The van der Waals surface area contributed by atoms with Gasteiger partial charge in [-0.1, -0.05) is 36.0 Å². The summed E-state index contributed by atoms with van der Waals surface area (Å²) in [5.74, 6) is -0.149. The highest BCUT2D eigenvalue weighted by Crippen LogP contribution is 2.44. The number of nitrogens with one attached hydrogen (secondary N) is 1. The summed E-state index contributed by atoms with van der Waals surface area (Å²) in [6.07, 6.45) is 5.35. The molecule has 1 saturated heterocycles. The van der Waals surface area contributed by atoms with Gasteiger partial charge in [0.05, 0.1) is 16.4 Å². The van der Waals surface area contributed by atoms with Crippen LogP contribution in [0.5, 0.6) is 0 Å². The molecule has 1 aliphatic heterocycles. The fourth-order valence-corrected chi connectivity index (χ4v) is 5.87. The lowest BCUT2D eigenvalue weighted by atomic mass is 10.1. The number of halogens is 2. The number of benzene rings is 1. The van der Waals surface area contributed by atoms with E-state index in [-0.39, 0.29) is 5.91 Å². The molecule has 30 heavy (non-hydrogen) atoms. The lowest BCUT2D eigenvalue weighted by Crippen LogP contribution is -2.43. The number of hydrazine groups is 1. The molecule has 1 aliphatic carbocycles. The third-order valence-electron chi connectivity index (χ3n) is 5.73. The average Bonchev–Trinajstić information content (AvgIpc) is 3.25. The Hall–Kier alpha value is -1.86. The topological polar surface area (TPSA) is 50.2 Å². The van der Waals surface area contributed by atoms with Gasteiger partial charge in [-0.15, -0.1) is 11.3 Å². The van der Waals surface area contributed by atoms with Crippen molar-refractivity contribution in [2.75, 3.05) is 13.1 Å². The van der Waals surface area contributed by atoms with E-state index in [4.69, 9.17) is 28.3 Å². The first-order valence-corrected chi connectivity index (χ1v) is 11.8. The van der Waals surface area contributed by atoms with Gasteiger partial charge < -0.3 is 0 Å². The summed E-state index contributed by atoms with van der Waals surface area (Å²) in [6.45, 7) is 3.86. The Morgan fingerprint density at radius 2 is 1.90 bits per heavy atom. The average molecular weight is 461 g/mol. The molecule has 0 radical (unpaired) electrons. The third kappa shape index (κ3) is 3.56. The van der Waals surface area contributed by atoms with Crippen molar-refractivity contribution < 1.29 is 4.79 Å². The highest BCUT2D eigenvalue weighted by molar-refractivity contribution is 7.12. The Labute approximate surface area is 189 Å². The van der Waals surface area contributed by atoms with Gasteiger partial charge in [-0.3, -0.25) is 10.2 Å². The summed E-state index contributed by atoms with van der Waals surface area (Å²) < 4.78 is 1.81. The second kappa shape index (κ2) is 8.00. The van der Waals surface area contributed by atoms with Crippen molar-refractivity contribution >= 4 is 40.4 Å². The second-order valence-electron chi connectivity index (χ2n) is 7.90. The number of hydrogen-bond donors (Lipinski definition) is 1. The highest BCUT2D eigenvalue weighted by atomic mass is 35.5. The molecule has 1 N–H and O–H groups in total. The number of aryl methyl sites for hydroxylation is 1. The zero-order valence-electron chi connectivity index (χ0n) is 16.7. The van der Waals surface area contributed by atoms with Gasteiger partial charge in [0.2, 0.25) is 0 Å². The molecule has 5 rings (SSSR count). The molecule has 3 heterocycles. The Morgan fingerprint density at radius 1 is 1.13 bits per heavy atom. The van der Waals surface area contributed by atoms with Crippen molar-refractivity contribution in [3.05, 3.63) is 55.3 Å². The third-order valence-corrected chi connectivity index (χ3v) is 7.32. The van der Waals surface area contributed by atoms with Crippen LogP contribution in [0.25, 0.3) is 16.9 Å². The first kappa shape index (κ1) is 20.1. The van der Waals surface area contributed by atoms with Crippen LogP contribution in [0.3, 0.4) is 0 Å². The SMILES string of the molecule is Cc1cc2c(s1)Cc1c(C(=O)NN3CCCCCC3)nn(-c3ccc(Cl)cc3Cl)c1-2. The van der Waals surface area contributed by atoms with E-state index in [0.29, 0.717) is 15.7 Å². The maximum atomic E-state index is 13.2. The zero-order valence-corrected chi connectivity index (χ0v) is 19.0. The minimum Gasteiger partial charge on any atom is -0.283 e. The van der Waals surface area contributed by atoms with E-state index in [2.05, 4.69) is 18.4 Å². The molecule has 0 atom stereocenters. The number of rotatable bonds is 3. The van der Waals surface area contributed by atoms with E-state index in [0.717, 1.165) is 54.9 Å². The Kier molecular flexibility index (Phi) is 5.35. The van der Waals surface area contributed by atoms with Crippen molar-refractivity contribution in [1.82, 2.24) is 20.2 Å². The van der Waals surface area contributed by atoms with Gasteiger partial charge >= 0.3 is 0 Å². The first-order valence-electron chi connectivity index (χ1n) is 10.2. The smallest absolute Gasteiger partial charge is 0.283 e. The van der Waals surface area contributed by atoms with Crippen molar-refractivity contribution in [2.24, 2.45) is 0 Å². The molecular formula is C22H22Cl2N4OS. The van der Waals surface area contributed by atoms with Gasteiger partial charge in [0.15, 0.2) is 5.69 Å². The minimum absolute atomic E-state index is 0.149. The number of fused-ring (bicyclic) bond motifs is 3. The standard InChI is InChI=1S/C22H22Cl2N4OS/c1-13-10-15-19(30-13)12-16-20(22(29)26-27-8-4-2-3-5-9-27)25-28(21(15)16)18-7-6-14(23)11-17(18)24/h6-7,10-11H,2-5,8-9,12H2,1H3,(H,26,29). The van der Waals surface area contributed by atoms with E-state index in [1.165, 1.54) is 22.6 Å². The molecular weight excluding hydrogens is 439 g/mol. The normalized spacial score (nSPS) is 16.2.